The molecule has 39 heavy (non-hydrogen) atoms. The molecule has 0 radical (unpaired) electrons. The molecular weight excluding hydrogens is 536 g/mol. The Morgan fingerprint density at radius 3 is 2.31 bits per heavy atom. The molecule has 210 valence electrons. The van der Waals surface area contributed by atoms with E-state index in [2.05, 4.69) is 15.2 Å². The van der Waals surface area contributed by atoms with Gasteiger partial charge in [-0.2, -0.15) is 0 Å². The van der Waals surface area contributed by atoms with Gasteiger partial charge in [0.1, 0.15) is 11.1 Å². The average molecular weight is 573 g/mol. The number of hydrogen-bond donors (Lipinski definition) is 2. The van der Waals surface area contributed by atoms with Gasteiger partial charge in [-0.1, -0.05) is 80.0 Å². The SMILES string of the molecule is CCCC(=O)N(Cc1ccc(-c2ccccc2S(=O)Nc2noc(C)c2Cl)cc1)C(C(=O)NC(C)C)C(C)C. The Hall–Kier alpha value is -3.17. The average Bonchev–Trinajstić information content (AvgIpc) is 3.20. The van der Waals surface area contributed by atoms with Gasteiger partial charge in [0.2, 0.25) is 17.6 Å². The highest BCUT2D eigenvalue weighted by atomic mass is 35.5. The van der Waals surface area contributed by atoms with E-state index in [0.717, 1.165) is 16.7 Å². The van der Waals surface area contributed by atoms with Crippen LogP contribution in [0.4, 0.5) is 5.82 Å². The van der Waals surface area contributed by atoms with Crippen molar-refractivity contribution in [3.05, 3.63) is 64.9 Å². The molecule has 1 heterocycles. The number of aryl methyl sites for hydroxylation is 1. The maximum absolute atomic E-state index is 13.2. The molecule has 3 rings (SSSR count). The Balaban J connectivity index is 1.87. The number of aromatic nitrogens is 1. The zero-order chi connectivity index (χ0) is 28.7. The minimum Gasteiger partial charge on any atom is -0.358 e. The monoisotopic (exact) mass is 572 g/mol. The van der Waals surface area contributed by atoms with Gasteiger partial charge in [0.25, 0.3) is 0 Å². The van der Waals surface area contributed by atoms with E-state index >= 15 is 0 Å². The summed E-state index contributed by atoms with van der Waals surface area (Å²) >= 11 is 6.18. The molecule has 3 aromatic rings. The summed E-state index contributed by atoms with van der Waals surface area (Å²) < 4.78 is 21.1. The van der Waals surface area contributed by atoms with Gasteiger partial charge >= 0.3 is 0 Å². The van der Waals surface area contributed by atoms with Crippen LogP contribution in [0, 0.1) is 12.8 Å². The van der Waals surface area contributed by atoms with E-state index in [1.165, 1.54) is 0 Å². The van der Waals surface area contributed by atoms with Crippen LogP contribution in [0.25, 0.3) is 11.1 Å². The molecule has 0 bridgehead atoms. The summed E-state index contributed by atoms with van der Waals surface area (Å²) in [6.45, 7) is 11.7. The first-order valence-electron chi connectivity index (χ1n) is 13.1. The minimum absolute atomic E-state index is 0.0226. The summed E-state index contributed by atoms with van der Waals surface area (Å²) in [6, 6.07) is 14.5. The van der Waals surface area contributed by atoms with E-state index in [9.17, 15) is 13.8 Å². The lowest BCUT2D eigenvalue weighted by Gasteiger charge is -2.34. The van der Waals surface area contributed by atoms with Crippen molar-refractivity contribution in [2.24, 2.45) is 5.92 Å². The van der Waals surface area contributed by atoms with Gasteiger partial charge in [-0.25, -0.2) is 4.21 Å². The number of rotatable bonds is 12. The van der Waals surface area contributed by atoms with Crippen LogP contribution in [0.15, 0.2) is 57.9 Å². The van der Waals surface area contributed by atoms with Crippen molar-refractivity contribution >= 4 is 40.2 Å². The first kappa shape index (κ1) is 30.4. The third-order valence-electron chi connectivity index (χ3n) is 6.14. The summed E-state index contributed by atoms with van der Waals surface area (Å²) in [5.74, 6) is 0.406. The molecule has 10 heteroatoms. The third-order valence-corrected chi connectivity index (χ3v) is 7.72. The highest BCUT2D eigenvalue weighted by molar-refractivity contribution is 7.86. The zero-order valence-corrected chi connectivity index (χ0v) is 24.9. The predicted octanol–water partition coefficient (Wildman–Crippen LogP) is 6.12. The van der Waals surface area contributed by atoms with Crippen molar-refractivity contribution in [3.8, 4) is 11.1 Å². The van der Waals surface area contributed by atoms with Crippen molar-refractivity contribution < 1.29 is 18.3 Å². The topological polar surface area (TPSA) is 105 Å². The highest BCUT2D eigenvalue weighted by Crippen LogP contribution is 2.30. The molecule has 2 unspecified atom stereocenters. The van der Waals surface area contributed by atoms with Gasteiger partial charge in [0.15, 0.2) is 16.7 Å². The zero-order valence-electron chi connectivity index (χ0n) is 23.3. The van der Waals surface area contributed by atoms with Crippen molar-refractivity contribution in [3.63, 3.8) is 0 Å². The van der Waals surface area contributed by atoms with Crippen LogP contribution in [0.1, 0.15) is 58.8 Å². The molecule has 8 nitrogen and oxygen atoms in total. The second kappa shape index (κ2) is 13.8. The first-order valence-corrected chi connectivity index (χ1v) is 14.6. The van der Waals surface area contributed by atoms with Crippen molar-refractivity contribution in [2.75, 3.05) is 4.72 Å². The van der Waals surface area contributed by atoms with Crippen molar-refractivity contribution in [1.29, 1.82) is 0 Å². The lowest BCUT2D eigenvalue weighted by molar-refractivity contribution is -0.143. The summed E-state index contributed by atoms with van der Waals surface area (Å²) in [4.78, 5) is 28.5. The van der Waals surface area contributed by atoms with Crippen LogP contribution in [0.5, 0.6) is 0 Å². The van der Waals surface area contributed by atoms with Crippen molar-refractivity contribution in [1.82, 2.24) is 15.4 Å². The molecule has 0 fully saturated rings. The molecule has 0 saturated carbocycles. The number of carbonyl (C=O) groups excluding carboxylic acids is 2. The third kappa shape index (κ3) is 7.70. The summed E-state index contributed by atoms with van der Waals surface area (Å²) in [5, 5.41) is 7.09. The van der Waals surface area contributed by atoms with Crippen molar-refractivity contribution in [2.45, 2.75) is 77.9 Å². The van der Waals surface area contributed by atoms with Gasteiger partial charge in [-0.15, -0.1) is 0 Å². The molecule has 2 amide bonds. The van der Waals surface area contributed by atoms with Gasteiger partial charge < -0.3 is 14.7 Å². The Labute approximate surface area is 238 Å². The molecule has 2 aromatic carbocycles. The van der Waals surface area contributed by atoms with Gasteiger partial charge in [-0.3, -0.25) is 14.3 Å². The van der Waals surface area contributed by atoms with Crippen LogP contribution >= 0.6 is 11.6 Å². The molecule has 1 aromatic heterocycles. The lowest BCUT2D eigenvalue weighted by atomic mass is 9.98. The van der Waals surface area contributed by atoms with Crippen LogP contribution < -0.4 is 10.0 Å². The fourth-order valence-corrected chi connectivity index (χ4v) is 5.48. The van der Waals surface area contributed by atoms with E-state index in [4.69, 9.17) is 16.1 Å². The number of nitrogens with one attached hydrogen (secondary N) is 2. The molecule has 2 atom stereocenters. The maximum Gasteiger partial charge on any atom is 0.243 e. The number of carbonyl (C=O) groups is 2. The van der Waals surface area contributed by atoms with E-state index in [0.29, 0.717) is 30.0 Å². The second-order valence-corrected chi connectivity index (χ2v) is 11.6. The number of benzene rings is 2. The summed E-state index contributed by atoms with van der Waals surface area (Å²) in [7, 11) is -1.64. The Bertz CT molecular complexity index is 1310. The van der Waals surface area contributed by atoms with Crippen LogP contribution in [-0.2, 0) is 27.1 Å². The molecule has 0 aliphatic heterocycles. The largest absolute Gasteiger partial charge is 0.358 e. The lowest BCUT2D eigenvalue weighted by Crippen LogP contribution is -2.53. The quantitative estimate of drug-likeness (QED) is 0.272. The standard InChI is InChI=1S/C29H37ClN4O4S/c1-7-10-25(35)34(27(18(2)3)29(36)31-19(4)5)17-21-13-15-22(16-14-21)23-11-8-9-12-24(23)39(37)33-28-26(30)20(6)38-32-28/h8-9,11-16,18-19,27H,7,10,17H2,1-6H3,(H,31,36)(H,32,33). The number of amides is 2. The fraction of sp³-hybridized carbons (Fsp3) is 0.414. The first-order chi connectivity index (χ1) is 18.5. The Morgan fingerprint density at radius 1 is 1.08 bits per heavy atom. The van der Waals surface area contributed by atoms with E-state index < -0.39 is 17.0 Å². The minimum atomic E-state index is -1.64. The van der Waals surface area contributed by atoms with Gasteiger partial charge in [0, 0.05) is 19.0 Å². The van der Waals surface area contributed by atoms with Crippen LogP contribution in [0.3, 0.4) is 0 Å². The van der Waals surface area contributed by atoms with E-state index in [1.54, 1.807) is 17.9 Å². The number of anilines is 1. The molecule has 2 N–H and O–H groups in total. The molecule has 0 aliphatic rings. The van der Waals surface area contributed by atoms with Gasteiger partial charge in [-0.05, 0) is 55.9 Å². The predicted molar refractivity (Wildman–Crippen MR) is 156 cm³/mol. The normalized spacial score (nSPS) is 12.8. The molecule has 0 spiro atoms. The number of nitrogens with zero attached hydrogens (tertiary/aromatic N) is 2. The van der Waals surface area contributed by atoms with E-state index in [1.807, 2.05) is 77.1 Å². The number of halogens is 1. The summed E-state index contributed by atoms with van der Waals surface area (Å²) in [6.07, 6.45) is 1.07. The molecular formula is C29H37ClN4O4S. The molecule has 0 saturated heterocycles. The smallest absolute Gasteiger partial charge is 0.243 e. The van der Waals surface area contributed by atoms with Crippen LogP contribution in [0.2, 0.25) is 5.02 Å². The highest BCUT2D eigenvalue weighted by Gasteiger charge is 2.32. The summed E-state index contributed by atoms with van der Waals surface area (Å²) in [5.41, 5.74) is 2.53. The second-order valence-electron chi connectivity index (χ2n) is 10.1. The van der Waals surface area contributed by atoms with Gasteiger partial charge in [0.05, 0.1) is 4.90 Å². The van der Waals surface area contributed by atoms with Crippen LogP contribution in [-0.4, -0.2) is 38.2 Å². The Morgan fingerprint density at radius 2 is 1.74 bits per heavy atom. The molecule has 0 aliphatic carbocycles. The fourth-order valence-electron chi connectivity index (χ4n) is 4.29. The van der Waals surface area contributed by atoms with E-state index in [-0.39, 0.29) is 34.6 Å². The Kier molecular flexibility index (Phi) is 10.7. The number of hydrogen-bond acceptors (Lipinski definition) is 5. The maximum atomic E-state index is 13.2.